The monoisotopic (exact) mass is 272 g/mol. The molecule has 1 aromatic heterocycles. The molecule has 1 N–H and O–H groups in total. The molecule has 1 fully saturated rings. The van der Waals surface area contributed by atoms with E-state index in [0.29, 0.717) is 13.0 Å². The summed E-state index contributed by atoms with van der Waals surface area (Å²) in [5.74, 6) is -0.814. The Labute approximate surface area is 116 Å². The van der Waals surface area contributed by atoms with E-state index in [4.69, 9.17) is 4.74 Å². The van der Waals surface area contributed by atoms with Gasteiger partial charge in [-0.2, -0.15) is 0 Å². The second-order valence-corrected chi connectivity index (χ2v) is 4.95. The van der Waals surface area contributed by atoms with Crippen molar-refractivity contribution in [1.82, 2.24) is 4.98 Å². The molecule has 1 saturated heterocycles. The molecule has 0 aliphatic carbocycles. The van der Waals surface area contributed by atoms with Gasteiger partial charge in [0.15, 0.2) is 0 Å². The predicted octanol–water partition coefficient (Wildman–Crippen LogP) is 1.91. The quantitative estimate of drug-likeness (QED) is 0.924. The van der Waals surface area contributed by atoms with Gasteiger partial charge in [0.1, 0.15) is 6.04 Å². The lowest BCUT2D eigenvalue weighted by atomic mass is 10.1. The number of hydrogen-bond donors (Lipinski definition) is 1. The highest BCUT2D eigenvalue weighted by Gasteiger charge is 2.37. The van der Waals surface area contributed by atoms with Crippen LogP contribution in [-0.2, 0) is 9.53 Å². The summed E-state index contributed by atoms with van der Waals surface area (Å²) in [4.78, 5) is 17.7. The molecule has 5 heteroatoms. The van der Waals surface area contributed by atoms with Crippen LogP contribution in [0, 0.1) is 0 Å². The molecule has 2 atom stereocenters. The van der Waals surface area contributed by atoms with Crippen molar-refractivity contribution in [2.24, 2.45) is 0 Å². The molecule has 1 aromatic carbocycles. The first kappa shape index (κ1) is 12.9. The van der Waals surface area contributed by atoms with E-state index < -0.39 is 12.0 Å². The van der Waals surface area contributed by atoms with Crippen molar-refractivity contribution in [3.63, 3.8) is 0 Å². The lowest BCUT2D eigenvalue weighted by Gasteiger charge is -2.24. The zero-order chi connectivity index (χ0) is 14.1. The van der Waals surface area contributed by atoms with Crippen LogP contribution in [0.2, 0.25) is 0 Å². The van der Waals surface area contributed by atoms with E-state index >= 15 is 0 Å². The molecular weight excluding hydrogens is 256 g/mol. The first-order valence-electron chi connectivity index (χ1n) is 6.56. The number of methoxy groups -OCH3 is 1. The maximum Gasteiger partial charge on any atom is 0.326 e. The van der Waals surface area contributed by atoms with Crippen LogP contribution in [-0.4, -0.2) is 41.9 Å². The molecule has 0 spiro atoms. The number of hydrogen-bond acceptors (Lipinski definition) is 4. The molecule has 104 valence electrons. The van der Waals surface area contributed by atoms with Gasteiger partial charge in [-0.25, -0.2) is 4.79 Å². The Morgan fingerprint density at radius 1 is 1.40 bits per heavy atom. The van der Waals surface area contributed by atoms with E-state index in [2.05, 4.69) is 4.98 Å². The van der Waals surface area contributed by atoms with Gasteiger partial charge in [-0.15, -0.1) is 0 Å². The number of ether oxygens (including phenoxy) is 1. The topological polar surface area (TPSA) is 62.7 Å². The molecule has 2 heterocycles. The number of fused-ring (bicyclic) bond motifs is 1. The predicted molar refractivity (Wildman–Crippen MR) is 75.9 cm³/mol. The van der Waals surface area contributed by atoms with Crippen LogP contribution in [0.3, 0.4) is 0 Å². The number of rotatable bonds is 3. The first-order valence-corrected chi connectivity index (χ1v) is 6.56. The van der Waals surface area contributed by atoms with Crippen LogP contribution in [0.5, 0.6) is 0 Å². The highest BCUT2D eigenvalue weighted by atomic mass is 16.5. The van der Waals surface area contributed by atoms with E-state index in [1.54, 1.807) is 13.3 Å². The summed E-state index contributed by atoms with van der Waals surface area (Å²) in [6.07, 6.45) is 2.17. The second-order valence-electron chi connectivity index (χ2n) is 4.95. The molecule has 0 amide bonds. The van der Waals surface area contributed by atoms with E-state index in [1.807, 2.05) is 35.2 Å². The normalized spacial score (nSPS) is 22.4. The molecule has 0 radical (unpaired) electrons. The Morgan fingerprint density at radius 2 is 2.20 bits per heavy atom. The van der Waals surface area contributed by atoms with Crippen molar-refractivity contribution in [3.05, 3.63) is 36.5 Å². The minimum absolute atomic E-state index is 0.0528. The van der Waals surface area contributed by atoms with E-state index in [0.717, 1.165) is 16.6 Å². The third-order valence-electron chi connectivity index (χ3n) is 3.82. The van der Waals surface area contributed by atoms with Gasteiger partial charge in [-0.05, 0) is 12.1 Å². The van der Waals surface area contributed by atoms with E-state index in [-0.39, 0.29) is 6.10 Å². The molecule has 5 nitrogen and oxygen atoms in total. The number of carbonyl (C=O) groups is 1. The molecule has 0 saturated carbocycles. The molecule has 20 heavy (non-hydrogen) atoms. The Balaban J connectivity index is 2.07. The molecule has 2 aromatic rings. The number of aromatic nitrogens is 1. The Kier molecular flexibility index (Phi) is 3.28. The van der Waals surface area contributed by atoms with Crippen molar-refractivity contribution in [2.75, 3.05) is 18.6 Å². The summed E-state index contributed by atoms with van der Waals surface area (Å²) in [5.41, 5.74) is 1.78. The summed E-state index contributed by atoms with van der Waals surface area (Å²) >= 11 is 0. The van der Waals surface area contributed by atoms with Crippen molar-refractivity contribution in [2.45, 2.75) is 18.6 Å². The van der Waals surface area contributed by atoms with Gasteiger partial charge >= 0.3 is 5.97 Å². The SMILES string of the molecule is COC1CC(C(=O)O)N(c2ccnc3ccccc23)C1. The zero-order valence-electron chi connectivity index (χ0n) is 11.2. The third kappa shape index (κ3) is 2.10. The van der Waals surface area contributed by atoms with Gasteiger partial charge in [0.2, 0.25) is 0 Å². The summed E-state index contributed by atoms with van der Waals surface area (Å²) in [6, 6.07) is 9.08. The standard InChI is InChI=1S/C15H16N2O3/c1-20-10-8-14(15(18)19)17(9-10)13-6-7-16-12-5-3-2-4-11(12)13/h2-7,10,14H,8-9H2,1H3,(H,18,19). The largest absolute Gasteiger partial charge is 0.480 e. The van der Waals surface area contributed by atoms with Gasteiger partial charge in [0, 0.05) is 37.3 Å². The number of aliphatic carboxylic acids is 1. The van der Waals surface area contributed by atoms with Crippen LogP contribution >= 0.6 is 0 Å². The van der Waals surface area contributed by atoms with Crippen LogP contribution in [0.1, 0.15) is 6.42 Å². The van der Waals surface area contributed by atoms with Gasteiger partial charge in [0.05, 0.1) is 11.6 Å². The minimum Gasteiger partial charge on any atom is -0.480 e. The fourth-order valence-electron chi connectivity index (χ4n) is 2.80. The molecule has 3 rings (SSSR count). The number of benzene rings is 1. The number of pyridine rings is 1. The number of para-hydroxylation sites is 1. The average molecular weight is 272 g/mol. The zero-order valence-corrected chi connectivity index (χ0v) is 11.2. The highest BCUT2D eigenvalue weighted by Crippen LogP contribution is 2.32. The first-order chi connectivity index (χ1) is 9.70. The molecule has 0 bridgehead atoms. The lowest BCUT2D eigenvalue weighted by molar-refractivity contribution is -0.138. The van der Waals surface area contributed by atoms with Crippen LogP contribution in [0.25, 0.3) is 10.9 Å². The smallest absolute Gasteiger partial charge is 0.326 e. The summed E-state index contributed by atoms with van der Waals surface area (Å²) in [6.45, 7) is 0.585. The van der Waals surface area contributed by atoms with Gasteiger partial charge < -0.3 is 14.7 Å². The maximum absolute atomic E-state index is 11.5. The lowest BCUT2D eigenvalue weighted by Crippen LogP contribution is -2.36. The van der Waals surface area contributed by atoms with Gasteiger partial charge in [-0.3, -0.25) is 4.98 Å². The van der Waals surface area contributed by atoms with Crippen molar-refractivity contribution in [3.8, 4) is 0 Å². The second kappa shape index (κ2) is 5.09. The fraction of sp³-hybridized carbons (Fsp3) is 0.333. The fourth-order valence-corrected chi connectivity index (χ4v) is 2.80. The summed E-state index contributed by atoms with van der Waals surface area (Å²) in [7, 11) is 1.62. The third-order valence-corrected chi connectivity index (χ3v) is 3.82. The molecule has 1 aliphatic rings. The highest BCUT2D eigenvalue weighted by molar-refractivity contribution is 5.93. The van der Waals surface area contributed by atoms with Crippen LogP contribution < -0.4 is 4.90 Å². The van der Waals surface area contributed by atoms with Crippen LogP contribution in [0.4, 0.5) is 5.69 Å². The Hall–Kier alpha value is -2.14. The van der Waals surface area contributed by atoms with Crippen molar-refractivity contribution in [1.29, 1.82) is 0 Å². The van der Waals surface area contributed by atoms with Crippen molar-refractivity contribution >= 4 is 22.6 Å². The average Bonchev–Trinajstić information content (AvgIpc) is 2.91. The van der Waals surface area contributed by atoms with Gasteiger partial charge in [0.25, 0.3) is 0 Å². The van der Waals surface area contributed by atoms with Gasteiger partial charge in [-0.1, -0.05) is 18.2 Å². The summed E-state index contributed by atoms with van der Waals surface area (Å²) in [5, 5.41) is 10.4. The maximum atomic E-state index is 11.5. The Bertz CT molecular complexity index is 639. The number of carboxylic acid groups (broad SMARTS) is 1. The van der Waals surface area contributed by atoms with Crippen LogP contribution in [0.15, 0.2) is 36.5 Å². The number of nitrogens with zero attached hydrogens (tertiary/aromatic N) is 2. The number of carboxylic acids is 1. The number of anilines is 1. The van der Waals surface area contributed by atoms with E-state index in [9.17, 15) is 9.90 Å². The molecule has 1 aliphatic heterocycles. The molecular formula is C15H16N2O3. The molecule has 2 unspecified atom stereocenters. The summed E-state index contributed by atoms with van der Waals surface area (Å²) < 4.78 is 5.33. The Morgan fingerprint density at radius 3 is 2.95 bits per heavy atom. The van der Waals surface area contributed by atoms with E-state index in [1.165, 1.54) is 0 Å². The van der Waals surface area contributed by atoms with Crippen molar-refractivity contribution < 1.29 is 14.6 Å². The minimum atomic E-state index is -0.814.